The lowest BCUT2D eigenvalue weighted by atomic mass is 9.85. The molecule has 6 nitrogen and oxygen atoms in total. The lowest BCUT2D eigenvalue weighted by molar-refractivity contribution is -0.139. The van der Waals surface area contributed by atoms with Crippen molar-refractivity contribution < 1.29 is 24.2 Å². The van der Waals surface area contributed by atoms with E-state index >= 15 is 0 Å². The van der Waals surface area contributed by atoms with E-state index in [1.54, 1.807) is 6.07 Å². The maximum Gasteiger partial charge on any atom is 0.295 e. The van der Waals surface area contributed by atoms with Crippen LogP contribution in [0.2, 0.25) is 0 Å². The van der Waals surface area contributed by atoms with E-state index < -0.39 is 17.7 Å². The summed E-state index contributed by atoms with van der Waals surface area (Å²) in [6, 6.07) is 12.2. The van der Waals surface area contributed by atoms with Crippen LogP contribution < -0.4 is 9.47 Å². The fourth-order valence-electron chi connectivity index (χ4n) is 4.17. The fraction of sp³-hybridized carbons (Fsp3) is 0.429. The monoisotopic (exact) mass is 465 g/mol. The van der Waals surface area contributed by atoms with E-state index in [0.717, 1.165) is 23.3 Å². The average Bonchev–Trinajstić information content (AvgIpc) is 3.07. The van der Waals surface area contributed by atoms with Gasteiger partial charge in [-0.1, -0.05) is 52.8 Å². The highest BCUT2D eigenvalue weighted by Crippen LogP contribution is 2.42. The van der Waals surface area contributed by atoms with Crippen LogP contribution in [0, 0.1) is 0 Å². The van der Waals surface area contributed by atoms with Gasteiger partial charge in [0.05, 0.1) is 30.9 Å². The zero-order valence-electron chi connectivity index (χ0n) is 21.0. The van der Waals surface area contributed by atoms with Crippen LogP contribution in [0.3, 0.4) is 0 Å². The zero-order chi connectivity index (χ0) is 25.0. The summed E-state index contributed by atoms with van der Waals surface area (Å²) in [6.45, 7) is 11.2. The van der Waals surface area contributed by atoms with Crippen molar-refractivity contribution in [1.29, 1.82) is 0 Å². The van der Waals surface area contributed by atoms with Crippen LogP contribution in [-0.2, 0) is 15.0 Å². The third-order valence-corrected chi connectivity index (χ3v) is 5.99. The number of ketones is 1. The number of ether oxygens (including phenoxy) is 2. The van der Waals surface area contributed by atoms with Crippen molar-refractivity contribution in [2.45, 2.75) is 58.9 Å². The number of benzene rings is 2. The molecule has 0 aromatic heterocycles. The molecule has 0 radical (unpaired) electrons. The highest BCUT2D eigenvalue weighted by atomic mass is 16.5. The summed E-state index contributed by atoms with van der Waals surface area (Å²) >= 11 is 0. The van der Waals surface area contributed by atoms with Crippen molar-refractivity contribution in [3.8, 4) is 11.5 Å². The van der Waals surface area contributed by atoms with Crippen LogP contribution in [-0.4, -0.2) is 42.0 Å². The highest BCUT2D eigenvalue weighted by Gasteiger charge is 2.46. The second-order valence-corrected chi connectivity index (χ2v) is 9.58. The Morgan fingerprint density at radius 1 is 1.03 bits per heavy atom. The Bertz CT molecular complexity index is 1080. The van der Waals surface area contributed by atoms with Crippen molar-refractivity contribution in [3.63, 3.8) is 0 Å². The maximum atomic E-state index is 13.2. The fourth-order valence-corrected chi connectivity index (χ4v) is 4.17. The third kappa shape index (κ3) is 4.96. The number of likely N-dealkylation sites (tertiary alicyclic amines) is 1. The van der Waals surface area contributed by atoms with Gasteiger partial charge in [0.25, 0.3) is 11.7 Å². The number of Topliss-reactive ketones (excluding diaryl/α,β-unsaturated/α-hetero) is 1. The third-order valence-electron chi connectivity index (χ3n) is 5.99. The van der Waals surface area contributed by atoms with Gasteiger partial charge in [0.15, 0.2) is 0 Å². The SMILES string of the molecule is CCCOc1ccc(C2/C(=C(\O)c3cc(C(C)(C)C)ccc3OC)C(=O)C(=O)N2CCC)cc1. The number of carbonyl (C=O) groups is 2. The van der Waals surface area contributed by atoms with Gasteiger partial charge in [0.2, 0.25) is 0 Å². The predicted octanol–water partition coefficient (Wildman–Crippen LogP) is 5.61. The summed E-state index contributed by atoms with van der Waals surface area (Å²) in [5.41, 5.74) is 2.02. The van der Waals surface area contributed by atoms with Crippen molar-refractivity contribution in [3.05, 3.63) is 64.7 Å². The van der Waals surface area contributed by atoms with Crippen LogP contribution in [0.1, 0.15) is 70.2 Å². The molecule has 6 heteroatoms. The summed E-state index contributed by atoms with van der Waals surface area (Å²) in [5, 5.41) is 11.5. The Balaban J connectivity index is 2.19. The summed E-state index contributed by atoms with van der Waals surface area (Å²) < 4.78 is 11.2. The number of carbonyl (C=O) groups excluding carboxylic acids is 2. The molecule has 1 unspecified atom stereocenters. The van der Waals surface area contributed by atoms with Gasteiger partial charge >= 0.3 is 0 Å². The van der Waals surface area contributed by atoms with E-state index in [4.69, 9.17) is 9.47 Å². The molecule has 1 aliphatic rings. The van der Waals surface area contributed by atoms with E-state index in [0.29, 0.717) is 30.9 Å². The van der Waals surface area contributed by atoms with Gasteiger partial charge in [-0.2, -0.15) is 0 Å². The van der Waals surface area contributed by atoms with Crippen LogP contribution in [0.15, 0.2) is 48.0 Å². The number of methoxy groups -OCH3 is 1. The van der Waals surface area contributed by atoms with Crippen molar-refractivity contribution in [1.82, 2.24) is 4.90 Å². The topological polar surface area (TPSA) is 76.1 Å². The molecule has 0 aliphatic carbocycles. The summed E-state index contributed by atoms with van der Waals surface area (Å²) in [4.78, 5) is 27.7. The molecule has 1 N–H and O–H groups in total. The number of hydrogen-bond acceptors (Lipinski definition) is 5. The van der Waals surface area contributed by atoms with Gasteiger partial charge in [-0.25, -0.2) is 0 Å². The molecule has 1 aliphatic heterocycles. The number of amides is 1. The molecule has 1 atom stereocenters. The van der Waals surface area contributed by atoms with Crippen molar-refractivity contribution >= 4 is 17.4 Å². The lowest BCUT2D eigenvalue weighted by Crippen LogP contribution is -2.30. The molecule has 1 saturated heterocycles. The molecular weight excluding hydrogens is 430 g/mol. The van der Waals surface area contributed by atoms with E-state index in [2.05, 4.69) is 20.8 Å². The van der Waals surface area contributed by atoms with Gasteiger partial charge < -0.3 is 19.5 Å². The van der Waals surface area contributed by atoms with E-state index in [1.165, 1.54) is 12.0 Å². The minimum atomic E-state index is -0.692. The zero-order valence-corrected chi connectivity index (χ0v) is 21.0. The standard InChI is InChI=1S/C28H35NO5/c1-7-15-29-24(18-9-12-20(13-10-18)34-16-8-2)23(26(31)27(29)32)25(30)21-17-19(28(3,4)5)11-14-22(21)33-6/h9-14,17,24,30H,7-8,15-16H2,1-6H3/b25-23+. The Labute approximate surface area is 202 Å². The predicted molar refractivity (Wildman–Crippen MR) is 133 cm³/mol. The smallest absolute Gasteiger partial charge is 0.295 e. The lowest BCUT2D eigenvalue weighted by Gasteiger charge is -2.25. The molecule has 2 aromatic rings. The van der Waals surface area contributed by atoms with Gasteiger partial charge in [0.1, 0.15) is 17.3 Å². The second-order valence-electron chi connectivity index (χ2n) is 9.58. The Morgan fingerprint density at radius 2 is 1.71 bits per heavy atom. The highest BCUT2D eigenvalue weighted by molar-refractivity contribution is 6.46. The van der Waals surface area contributed by atoms with Gasteiger partial charge in [-0.05, 0) is 53.6 Å². The molecule has 1 heterocycles. The van der Waals surface area contributed by atoms with E-state index in [-0.39, 0.29) is 16.7 Å². The van der Waals surface area contributed by atoms with Crippen molar-refractivity contribution in [2.75, 3.05) is 20.3 Å². The first-order valence-electron chi connectivity index (χ1n) is 11.8. The number of aliphatic hydroxyl groups is 1. The van der Waals surface area contributed by atoms with Crippen LogP contribution in [0.25, 0.3) is 5.76 Å². The van der Waals surface area contributed by atoms with Gasteiger partial charge in [-0.3, -0.25) is 9.59 Å². The van der Waals surface area contributed by atoms with E-state index in [9.17, 15) is 14.7 Å². The molecule has 182 valence electrons. The normalized spacial score (nSPS) is 17.8. The number of rotatable bonds is 8. The van der Waals surface area contributed by atoms with Gasteiger partial charge in [-0.15, -0.1) is 0 Å². The molecule has 2 aromatic carbocycles. The minimum absolute atomic E-state index is 0.0741. The van der Waals surface area contributed by atoms with Crippen LogP contribution in [0.4, 0.5) is 0 Å². The average molecular weight is 466 g/mol. The Hall–Kier alpha value is -3.28. The second kappa shape index (κ2) is 10.3. The molecule has 1 fully saturated rings. The van der Waals surface area contributed by atoms with Gasteiger partial charge in [0, 0.05) is 6.54 Å². The Kier molecular flexibility index (Phi) is 7.70. The molecular formula is C28H35NO5. The molecule has 0 saturated carbocycles. The minimum Gasteiger partial charge on any atom is -0.507 e. The van der Waals surface area contributed by atoms with Crippen LogP contribution in [0.5, 0.6) is 11.5 Å². The first-order chi connectivity index (χ1) is 16.1. The summed E-state index contributed by atoms with van der Waals surface area (Å²) in [7, 11) is 1.52. The molecule has 0 bridgehead atoms. The summed E-state index contributed by atoms with van der Waals surface area (Å²) in [6.07, 6.45) is 1.58. The molecule has 34 heavy (non-hydrogen) atoms. The molecule has 3 rings (SSSR count). The number of hydrogen-bond donors (Lipinski definition) is 1. The summed E-state index contributed by atoms with van der Waals surface area (Å²) in [5.74, 6) is -0.362. The molecule has 1 amide bonds. The maximum absolute atomic E-state index is 13.2. The van der Waals surface area contributed by atoms with Crippen molar-refractivity contribution in [2.24, 2.45) is 0 Å². The number of aliphatic hydroxyl groups excluding tert-OH is 1. The largest absolute Gasteiger partial charge is 0.507 e. The first kappa shape index (κ1) is 25.3. The first-order valence-corrected chi connectivity index (χ1v) is 11.8. The quantitative estimate of drug-likeness (QED) is 0.311. The molecule has 0 spiro atoms. The van der Waals surface area contributed by atoms with E-state index in [1.807, 2.05) is 50.2 Å². The number of nitrogens with zero attached hydrogens (tertiary/aromatic N) is 1. The van der Waals surface area contributed by atoms with Crippen LogP contribution >= 0.6 is 0 Å². The Morgan fingerprint density at radius 3 is 2.26 bits per heavy atom.